The van der Waals surface area contributed by atoms with Crippen molar-refractivity contribution >= 4 is 34.1 Å². The van der Waals surface area contributed by atoms with Crippen LogP contribution in [0.2, 0.25) is 0 Å². The molecular weight excluding hydrogens is 370 g/mol. The summed E-state index contributed by atoms with van der Waals surface area (Å²) < 4.78 is 1.67. The molecule has 0 spiro atoms. The van der Waals surface area contributed by atoms with E-state index in [9.17, 15) is 4.79 Å². The molecule has 0 aliphatic heterocycles. The molecule has 1 heterocycles. The van der Waals surface area contributed by atoms with Gasteiger partial charge in [-0.15, -0.1) is 5.10 Å². The lowest BCUT2D eigenvalue weighted by Gasteiger charge is -2.13. The molecule has 0 aliphatic rings. The molecule has 1 N–H and O–H groups in total. The van der Waals surface area contributed by atoms with Gasteiger partial charge < -0.3 is 5.32 Å². The number of amides is 1. The average molecular weight is 389 g/mol. The SMILES string of the molecule is Cc1ccccc1-n1nnnc1S[C@H](C)C(=O)Nc1ccc2ccccc2c1. The van der Waals surface area contributed by atoms with Gasteiger partial charge in [0.05, 0.1) is 10.9 Å². The Morgan fingerprint density at radius 1 is 1.04 bits per heavy atom. The van der Waals surface area contributed by atoms with E-state index in [0.29, 0.717) is 5.16 Å². The third-order valence-corrected chi connectivity index (χ3v) is 5.49. The number of hydrogen-bond donors (Lipinski definition) is 1. The Hall–Kier alpha value is -3.19. The zero-order valence-corrected chi connectivity index (χ0v) is 16.4. The van der Waals surface area contributed by atoms with Crippen LogP contribution in [0.25, 0.3) is 16.5 Å². The number of nitrogens with zero attached hydrogens (tertiary/aromatic N) is 4. The first kappa shape index (κ1) is 18.2. The molecule has 1 amide bonds. The van der Waals surface area contributed by atoms with E-state index in [1.54, 1.807) is 4.68 Å². The van der Waals surface area contributed by atoms with Crippen molar-refractivity contribution in [3.05, 3.63) is 72.3 Å². The highest BCUT2D eigenvalue weighted by Crippen LogP contribution is 2.26. The topological polar surface area (TPSA) is 72.7 Å². The molecule has 1 atom stereocenters. The Morgan fingerprint density at radius 3 is 2.61 bits per heavy atom. The van der Waals surface area contributed by atoms with Crippen LogP contribution in [0.4, 0.5) is 5.69 Å². The molecule has 0 saturated carbocycles. The number of fused-ring (bicyclic) bond motifs is 1. The molecule has 28 heavy (non-hydrogen) atoms. The second kappa shape index (κ2) is 7.82. The number of nitrogens with one attached hydrogen (secondary N) is 1. The number of hydrogen-bond acceptors (Lipinski definition) is 5. The van der Waals surface area contributed by atoms with Gasteiger partial charge in [0, 0.05) is 5.69 Å². The summed E-state index contributed by atoms with van der Waals surface area (Å²) in [5, 5.41) is 17.4. The summed E-state index contributed by atoms with van der Waals surface area (Å²) in [5.74, 6) is -0.0976. The normalized spacial score (nSPS) is 12.1. The lowest BCUT2D eigenvalue weighted by molar-refractivity contribution is -0.115. The Bertz CT molecular complexity index is 1140. The summed E-state index contributed by atoms with van der Waals surface area (Å²) in [6, 6.07) is 21.8. The number of aromatic nitrogens is 4. The van der Waals surface area contributed by atoms with Gasteiger partial charge in [0.1, 0.15) is 0 Å². The maximum atomic E-state index is 12.7. The van der Waals surface area contributed by atoms with Crippen LogP contribution in [0.1, 0.15) is 12.5 Å². The number of rotatable bonds is 5. The molecule has 1 aromatic heterocycles. The Morgan fingerprint density at radius 2 is 1.79 bits per heavy atom. The first-order valence-electron chi connectivity index (χ1n) is 8.92. The van der Waals surface area contributed by atoms with Crippen LogP contribution in [0.3, 0.4) is 0 Å². The summed E-state index contributed by atoms with van der Waals surface area (Å²) >= 11 is 1.33. The second-order valence-corrected chi connectivity index (χ2v) is 7.78. The van der Waals surface area contributed by atoms with Gasteiger partial charge in [-0.2, -0.15) is 4.68 Å². The largest absolute Gasteiger partial charge is 0.325 e. The van der Waals surface area contributed by atoms with Crippen LogP contribution in [0.5, 0.6) is 0 Å². The molecule has 0 saturated heterocycles. The van der Waals surface area contributed by atoms with Crippen LogP contribution in [0.15, 0.2) is 71.9 Å². The summed E-state index contributed by atoms with van der Waals surface area (Å²) in [5.41, 5.74) is 2.73. The van der Waals surface area contributed by atoms with Gasteiger partial charge in [0.15, 0.2) is 0 Å². The number of carbonyl (C=O) groups excluding carboxylic acids is 1. The van der Waals surface area contributed by atoms with Gasteiger partial charge >= 0.3 is 0 Å². The first-order chi connectivity index (χ1) is 13.6. The van der Waals surface area contributed by atoms with Gasteiger partial charge in [-0.05, 0) is 58.8 Å². The number of thioether (sulfide) groups is 1. The zero-order chi connectivity index (χ0) is 19.5. The highest BCUT2D eigenvalue weighted by atomic mass is 32.2. The molecule has 0 aliphatic carbocycles. The summed E-state index contributed by atoms with van der Waals surface area (Å²) in [6.45, 7) is 3.85. The van der Waals surface area contributed by atoms with E-state index in [0.717, 1.165) is 27.7 Å². The van der Waals surface area contributed by atoms with Crippen molar-refractivity contribution in [2.75, 3.05) is 5.32 Å². The molecule has 0 bridgehead atoms. The van der Waals surface area contributed by atoms with Crippen molar-refractivity contribution in [2.45, 2.75) is 24.3 Å². The molecule has 0 unspecified atom stereocenters. The molecule has 4 aromatic rings. The fraction of sp³-hybridized carbons (Fsp3) is 0.143. The van der Waals surface area contributed by atoms with E-state index in [1.807, 2.05) is 80.6 Å². The maximum Gasteiger partial charge on any atom is 0.237 e. The number of aryl methyl sites for hydroxylation is 1. The van der Waals surface area contributed by atoms with E-state index in [4.69, 9.17) is 0 Å². The predicted molar refractivity (Wildman–Crippen MR) is 112 cm³/mol. The van der Waals surface area contributed by atoms with Crippen LogP contribution >= 0.6 is 11.8 Å². The van der Waals surface area contributed by atoms with Gasteiger partial charge in [-0.3, -0.25) is 4.79 Å². The Labute approximate surface area is 167 Å². The van der Waals surface area contributed by atoms with Crippen LogP contribution < -0.4 is 5.32 Å². The molecule has 3 aromatic carbocycles. The number of anilines is 1. The van der Waals surface area contributed by atoms with Gasteiger partial charge in [0.25, 0.3) is 0 Å². The van der Waals surface area contributed by atoms with Crippen molar-refractivity contribution in [1.82, 2.24) is 20.2 Å². The Balaban J connectivity index is 1.49. The zero-order valence-electron chi connectivity index (χ0n) is 15.5. The lowest BCUT2D eigenvalue weighted by atomic mass is 10.1. The van der Waals surface area contributed by atoms with Gasteiger partial charge in [0.2, 0.25) is 11.1 Å². The van der Waals surface area contributed by atoms with Crippen molar-refractivity contribution in [1.29, 1.82) is 0 Å². The quantitative estimate of drug-likeness (QED) is 0.517. The van der Waals surface area contributed by atoms with Crippen LogP contribution in [-0.2, 0) is 4.79 Å². The van der Waals surface area contributed by atoms with Crippen molar-refractivity contribution in [2.24, 2.45) is 0 Å². The number of carbonyl (C=O) groups is 1. The van der Waals surface area contributed by atoms with Crippen LogP contribution in [-0.4, -0.2) is 31.4 Å². The maximum absolute atomic E-state index is 12.7. The van der Waals surface area contributed by atoms with Gasteiger partial charge in [-0.1, -0.05) is 60.3 Å². The molecular formula is C21H19N5OS. The number of para-hydroxylation sites is 1. The average Bonchev–Trinajstić information content (AvgIpc) is 3.16. The Kier molecular flexibility index (Phi) is 5.08. The molecule has 140 valence electrons. The molecule has 7 heteroatoms. The summed E-state index contributed by atoms with van der Waals surface area (Å²) in [7, 11) is 0. The minimum Gasteiger partial charge on any atom is -0.325 e. The molecule has 4 rings (SSSR count). The smallest absolute Gasteiger partial charge is 0.237 e. The van der Waals surface area contributed by atoms with Crippen molar-refractivity contribution in [3.8, 4) is 5.69 Å². The van der Waals surface area contributed by atoms with E-state index < -0.39 is 0 Å². The molecule has 0 fully saturated rings. The highest BCUT2D eigenvalue weighted by Gasteiger charge is 2.20. The molecule has 0 radical (unpaired) electrons. The van der Waals surface area contributed by atoms with E-state index in [2.05, 4.69) is 20.8 Å². The fourth-order valence-corrected chi connectivity index (χ4v) is 3.73. The van der Waals surface area contributed by atoms with E-state index in [-0.39, 0.29) is 11.2 Å². The van der Waals surface area contributed by atoms with Crippen molar-refractivity contribution in [3.63, 3.8) is 0 Å². The highest BCUT2D eigenvalue weighted by molar-refractivity contribution is 8.00. The van der Waals surface area contributed by atoms with Crippen LogP contribution in [0, 0.1) is 6.92 Å². The monoisotopic (exact) mass is 389 g/mol. The number of benzene rings is 3. The minimum absolute atomic E-state index is 0.0976. The minimum atomic E-state index is -0.361. The third-order valence-electron chi connectivity index (χ3n) is 4.45. The summed E-state index contributed by atoms with van der Waals surface area (Å²) in [4.78, 5) is 12.7. The fourth-order valence-electron chi connectivity index (χ4n) is 2.93. The standard InChI is InChI=1S/C21H19N5OS/c1-14-7-3-6-10-19(14)26-21(23-24-25-26)28-15(2)20(27)22-18-12-11-16-8-4-5-9-17(16)13-18/h3-13,15H,1-2H3,(H,22,27)/t15-/m1/s1. The van der Waals surface area contributed by atoms with E-state index >= 15 is 0 Å². The second-order valence-electron chi connectivity index (χ2n) is 6.47. The predicted octanol–water partition coefficient (Wildman–Crippen LogP) is 4.24. The van der Waals surface area contributed by atoms with Gasteiger partial charge in [-0.25, -0.2) is 0 Å². The van der Waals surface area contributed by atoms with Crippen molar-refractivity contribution < 1.29 is 4.79 Å². The first-order valence-corrected chi connectivity index (χ1v) is 9.80. The number of tetrazole rings is 1. The lowest BCUT2D eigenvalue weighted by Crippen LogP contribution is -2.23. The van der Waals surface area contributed by atoms with E-state index in [1.165, 1.54) is 11.8 Å². The third kappa shape index (κ3) is 3.75. The summed E-state index contributed by atoms with van der Waals surface area (Å²) in [6.07, 6.45) is 0. The molecule has 6 nitrogen and oxygen atoms in total.